The summed E-state index contributed by atoms with van der Waals surface area (Å²) >= 11 is 2.92. The Morgan fingerprint density at radius 2 is 1.61 bits per heavy atom. The molecule has 0 radical (unpaired) electrons. The first-order chi connectivity index (χ1) is 8.16. The van der Waals surface area contributed by atoms with Crippen molar-refractivity contribution in [2.45, 2.75) is 47.0 Å². The molecule has 1 rings (SSSR count). The molecule has 1 amide bonds. The summed E-state index contributed by atoms with van der Waals surface area (Å²) in [6.07, 6.45) is 0. The summed E-state index contributed by atoms with van der Waals surface area (Å²) in [5.41, 5.74) is 6.55. The maximum absolute atomic E-state index is 11.0. The minimum absolute atomic E-state index is 0.0750. The second kappa shape index (κ2) is 5.43. The van der Waals surface area contributed by atoms with Crippen LogP contribution in [-0.4, -0.2) is 11.4 Å². The third kappa shape index (κ3) is 3.14. The zero-order valence-corrected chi connectivity index (χ0v) is 13.7. The number of benzene rings is 1. The summed E-state index contributed by atoms with van der Waals surface area (Å²) in [7, 11) is 0. The average molecular weight is 312 g/mol. The Hall–Kier alpha value is -0.830. The van der Waals surface area contributed by atoms with Crippen LogP contribution < -0.4 is 5.32 Å². The van der Waals surface area contributed by atoms with Crippen LogP contribution >= 0.6 is 15.9 Å². The molecule has 0 aliphatic heterocycles. The number of hydrogen-bond donors (Lipinski definition) is 1. The van der Waals surface area contributed by atoms with Gasteiger partial charge in [-0.15, -0.1) is 0 Å². The van der Waals surface area contributed by atoms with Crippen LogP contribution in [0.1, 0.15) is 41.7 Å². The summed E-state index contributed by atoms with van der Waals surface area (Å²) < 4.78 is 0. The van der Waals surface area contributed by atoms with Gasteiger partial charge in [-0.05, 0) is 55.5 Å². The van der Waals surface area contributed by atoms with E-state index in [-0.39, 0.29) is 10.2 Å². The first kappa shape index (κ1) is 15.2. The number of amides is 1. The Balaban J connectivity index is 3.26. The van der Waals surface area contributed by atoms with Crippen molar-refractivity contribution in [3.05, 3.63) is 33.9 Å². The largest absolute Gasteiger partial charge is 0.346 e. The van der Waals surface area contributed by atoms with Gasteiger partial charge in [-0.3, -0.25) is 4.79 Å². The fourth-order valence-electron chi connectivity index (χ4n) is 2.61. The third-order valence-electron chi connectivity index (χ3n) is 3.71. The van der Waals surface area contributed by atoms with Crippen LogP contribution in [0, 0.1) is 27.7 Å². The third-order valence-corrected chi connectivity index (χ3v) is 3.99. The van der Waals surface area contributed by atoms with Gasteiger partial charge in [0.25, 0.3) is 4.82 Å². The van der Waals surface area contributed by atoms with Crippen molar-refractivity contribution in [2.24, 2.45) is 0 Å². The first-order valence-corrected chi connectivity index (χ1v) is 6.97. The lowest BCUT2D eigenvalue weighted by Gasteiger charge is -2.30. The standard InChI is InChI=1S/C15H22BrNO/c1-9-7-10(2)12(4)13(11(9)3)15(5,6)8-17-14(16)18/h7H,8H2,1-6H3,(H,17,18). The number of aryl methyl sites for hydroxylation is 2. The van der Waals surface area contributed by atoms with E-state index in [1.54, 1.807) is 0 Å². The van der Waals surface area contributed by atoms with Crippen LogP contribution in [-0.2, 0) is 5.41 Å². The minimum Gasteiger partial charge on any atom is -0.346 e. The maximum Gasteiger partial charge on any atom is 0.287 e. The SMILES string of the molecule is Cc1cc(C)c(C)c(C(C)(C)CNC(=O)Br)c1C. The number of carbonyl (C=O) groups excluding carboxylic acids is 1. The number of rotatable bonds is 3. The van der Waals surface area contributed by atoms with E-state index in [9.17, 15) is 4.79 Å². The highest BCUT2D eigenvalue weighted by Gasteiger charge is 2.26. The van der Waals surface area contributed by atoms with Gasteiger partial charge >= 0.3 is 0 Å². The van der Waals surface area contributed by atoms with Gasteiger partial charge in [0.15, 0.2) is 0 Å². The van der Waals surface area contributed by atoms with Crippen LogP contribution in [0.5, 0.6) is 0 Å². The molecule has 0 saturated carbocycles. The predicted molar refractivity (Wildman–Crippen MR) is 80.7 cm³/mol. The van der Waals surface area contributed by atoms with Gasteiger partial charge < -0.3 is 5.32 Å². The molecule has 100 valence electrons. The lowest BCUT2D eigenvalue weighted by Crippen LogP contribution is -2.35. The zero-order valence-electron chi connectivity index (χ0n) is 12.1. The van der Waals surface area contributed by atoms with E-state index in [2.05, 4.69) is 68.9 Å². The highest BCUT2D eigenvalue weighted by Crippen LogP contribution is 2.32. The summed E-state index contributed by atoms with van der Waals surface area (Å²) in [4.78, 5) is 10.9. The molecule has 1 aromatic rings. The van der Waals surface area contributed by atoms with E-state index in [0.717, 1.165) is 0 Å². The number of nitrogens with one attached hydrogen (secondary N) is 1. The number of hydrogen-bond acceptors (Lipinski definition) is 1. The van der Waals surface area contributed by atoms with E-state index in [1.165, 1.54) is 27.8 Å². The zero-order chi connectivity index (χ0) is 14.1. The van der Waals surface area contributed by atoms with Crippen molar-refractivity contribution in [1.82, 2.24) is 5.32 Å². The van der Waals surface area contributed by atoms with Crippen molar-refractivity contribution in [3.8, 4) is 0 Å². The van der Waals surface area contributed by atoms with E-state index in [0.29, 0.717) is 6.54 Å². The van der Waals surface area contributed by atoms with Crippen LogP contribution in [0.2, 0.25) is 0 Å². The van der Waals surface area contributed by atoms with Gasteiger partial charge in [-0.2, -0.15) is 0 Å². The highest BCUT2D eigenvalue weighted by atomic mass is 79.9. The van der Waals surface area contributed by atoms with E-state index in [4.69, 9.17) is 0 Å². The number of halogens is 1. The molecule has 0 heterocycles. The van der Waals surface area contributed by atoms with E-state index < -0.39 is 0 Å². The molecule has 0 saturated heterocycles. The van der Waals surface area contributed by atoms with E-state index in [1.807, 2.05) is 0 Å². The Morgan fingerprint density at radius 3 is 2.00 bits per heavy atom. The molecule has 0 aliphatic rings. The molecule has 2 nitrogen and oxygen atoms in total. The summed E-state index contributed by atoms with van der Waals surface area (Å²) in [5, 5.41) is 2.86. The van der Waals surface area contributed by atoms with E-state index >= 15 is 0 Å². The van der Waals surface area contributed by atoms with Crippen molar-refractivity contribution < 1.29 is 4.79 Å². The van der Waals surface area contributed by atoms with Gasteiger partial charge in [0.05, 0.1) is 0 Å². The molecule has 0 aromatic heterocycles. The Bertz CT molecular complexity index is 452. The minimum atomic E-state index is -0.157. The van der Waals surface area contributed by atoms with Crippen LogP contribution in [0.25, 0.3) is 0 Å². The molecule has 3 heteroatoms. The molecule has 1 N–H and O–H groups in total. The first-order valence-electron chi connectivity index (χ1n) is 6.18. The Morgan fingerprint density at radius 1 is 1.17 bits per heavy atom. The van der Waals surface area contributed by atoms with Crippen LogP contribution in [0.3, 0.4) is 0 Å². The molecular formula is C15H22BrNO. The van der Waals surface area contributed by atoms with Crippen molar-refractivity contribution >= 4 is 20.7 Å². The van der Waals surface area contributed by atoms with Gasteiger partial charge in [-0.1, -0.05) is 19.9 Å². The molecule has 0 aliphatic carbocycles. The summed E-state index contributed by atoms with van der Waals surface area (Å²) in [6.45, 7) is 13.6. The average Bonchev–Trinajstić information content (AvgIpc) is 2.24. The molecular weight excluding hydrogens is 290 g/mol. The van der Waals surface area contributed by atoms with Crippen LogP contribution in [0.15, 0.2) is 6.07 Å². The van der Waals surface area contributed by atoms with Crippen molar-refractivity contribution in [2.75, 3.05) is 6.54 Å². The topological polar surface area (TPSA) is 29.1 Å². The molecule has 0 bridgehead atoms. The quantitative estimate of drug-likeness (QED) is 0.654. The molecule has 0 fully saturated rings. The van der Waals surface area contributed by atoms with Gasteiger partial charge in [-0.25, -0.2) is 0 Å². The van der Waals surface area contributed by atoms with Crippen molar-refractivity contribution in [3.63, 3.8) is 0 Å². The lowest BCUT2D eigenvalue weighted by atomic mass is 9.77. The predicted octanol–water partition coefficient (Wildman–Crippen LogP) is 4.30. The highest BCUT2D eigenvalue weighted by molar-refractivity contribution is 9.18. The second-order valence-corrected chi connectivity index (χ2v) is 6.37. The molecule has 1 aromatic carbocycles. The smallest absolute Gasteiger partial charge is 0.287 e. The van der Waals surface area contributed by atoms with Crippen molar-refractivity contribution in [1.29, 1.82) is 0 Å². The van der Waals surface area contributed by atoms with Gasteiger partial charge in [0, 0.05) is 27.9 Å². The van der Waals surface area contributed by atoms with Gasteiger partial charge in [0.1, 0.15) is 0 Å². The monoisotopic (exact) mass is 311 g/mol. The fraction of sp³-hybridized carbons (Fsp3) is 0.533. The van der Waals surface area contributed by atoms with Crippen LogP contribution in [0.4, 0.5) is 4.79 Å². The van der Waals surface area contributed by atoms with Gasteiger partial charge in [0.2, 0.25) is 0 Å². The lowest BCUT2D eigenvalue weighted by molar-refractivity contribution is 0.259. The summed E-state index contributed by atoms with van der Waals surface area (Å²) in [5.74, 6) is 0. The Kier molecular flexibility index (Phi) is 4.60. The normalized spacial score (nSPS) is 11.5. The maximum atomic E-state index is 11.0. The molecule has 18 heavy (non-hydrogen) atoms. The molecule has 0 atom stereocenters. The molecule has 0 spiro atoms. The summed E-state index contributed by atoms with van der Waals surface area (Å²) in [6, 6.07) is 2.23. The second-order valence-electron chi connectivity index (χ2n) is 5.65. The molecule has 0 unspecified atom stereocenters. The Labute approximate surface area is 118 Å². The number of carbonyl (C=O) groups is 1. The fourth-order valence-corrected chi connectivity index (χ4v) is 2.75.